The predicted octanol–water partition coefficient (Wildman–Crippen LogP) is 4.50. The third-order valence-electron chi connectivity index (χ3n) is 3.60. The second-order valence-corrected chi connectivity index (χ2v) is 6.05. The van der Waals surface area contributed by atoms with E-state index in [1.807, 2.05) is 19.9 Å². The Morgan fingerprint density at radius 2 is 2.08 bits per heavy atom. The molecule has 0 atom stereocenters. The molecule has 0 bridgehead atoms. The molecular weight excluding hydrogens is 374 g/mol. The van der Waals surface area contributed by atoms with Crippen LogP contribution in [-0.2, 0) is 0 Å². The summed E-state index contributed by atoms with van der Waals surface area (Å²) in [5.74, 6) is 0.379. The van der Waals surface area contributed by atoms with E-state index in [0.717, 1.165) is 27.1 Å². The maximum atomic E-state index is 10.9. The van der Waals surface area contributed by atoms with Crippen LogP contribution in [0.3, 0.4) is 0 Å². The van der Waals surface area contributed by atoms with Crippen LogP contribution in [-0.4, -0.2) is 19.9 Å². The average molecular weight is 388 g/mol. The van der Waals surface area contributed by atoms with Gasteiger partial charge in [-0.3, -0.25) is 10.1 Å². The zero-order valence-corrected chi connectivity index (χ0v) is 14.6. The van der Waals surface area contributed by atoms with Gasteiger partial charge in [0.05, 0.1) is 15.2 Å². The molecule has 24 heavy (non-hydrogen) atoms. The second kappa shape index (κ2) is 6.40. The van der Waals surface area contributed by atoms with E-state index < -0.39 is 4.92 Å². The topological polar surface area (TPSA) is 96.7 Å². The first-order valence-corrected chi connectivity index (χ1v) is 7.94. The largest absolute Gasteiger partial charge is 0.353 e. The van der Waals surface area contributed by atoms with Crippen molar-refractivity contribution in [3.05, 3.63) is 62.5 Å². The Hall–Kier alpha value is -2.74. The Labute approximate surface area is 146 Å². The molecule has 0 amide bonds. The number of non-ortho nitro benzene ring substituents is 1. The first-order valence-electron chi connectivity index (χ1n) is 7.15. The normalized spacial score (nSPS) is 10.6. The minimum Gasteiger partial charge on any atom is -0.353 e. The van der Waals surface area contributed by atoms with Crippen LogP contribution >= 0.6 is 15.9 Å². The van der Waals surface area contributed by atoms with E-state index in [4.69, 9.17) is 0 Å². The first-order chi connectivity index (χ1) is 11.5. The van der Waals surface area contributed by atoms with Crippen LogP contribution in [0.2, 0.25) is 0 Å². The minimum atomic E-state index is -0.438. The number of halogens is 1. The highest BCUT2D eigenvalue weighted by Crippen LogP contribution is 2.31. The summed E-state index contributed by atoms with van der Waals surface area (Å²) in [4.78, 5) is 22.3. The van der Waals surface area contributed by atoms with Crippen molar-refractivity contribution >= 4 is 33.3 Å². The highest BCUT2D eigenvalue weighted by Gasteiger charge is 2.14. The fourth-order valence-electron chi connectivity index (χ4n) is 2.48. The molecule has 0 aliphatic heterocycles. The molecule has 0 aliphatic carbocycles. The number of H-pyrrole nitrogens is 1. The van der Waals surface area contributed by atoms with Gasteiger partial charge in [-0.1, -0.05) is 6.07 Å². The highest BCUT2D eigenvalue weighted by molar-refractivity contribution is 9.10. The summed E-state index contributed by atoms with van der Waals surface area (Å²) < 4.78 is 0.918. The van der Waals surface area contributed by atoms with Gasteiger partial charge in [0.2, 0.25) is 5.95 Å². The Bertz CT molecular complexity index is 923. The fraction of sp³-hybridized carbons (Fsp3) is 0.125. The van der Waals surface area contributed by atoms with Gasteiger partial charge in [-0.05, 0) is 47.5 Å². The van der Waals surface area contributed by atoms with Crippen molar-refractivity contribution in [3.8, 4) is 11.3 Å². The number of hydrogen-bond donors (Lipinski definition) is 2. The Morgan fingerprint density at radius 3 is 2.75 bits per heavy atom. The molecule has 0 spiro atoms. The van der Waals surface area contributed by atoms with Gasteiger partial charge in [0.25, 0.3) is 5.69 Å². The predicted molar refractivity (Wildman–Crippen MR) is 95.4 cm³/mol. The van der Waals surface area contributed by atoms with E-state index in [9.17, 15) is 10.1 Å². The minimum absolute atomic E-state index is 0.0115. The van der Waals surface area contributed by atoms with E-state index in [0.29, 0.717) is 11.6 Å². The number of aromatic nitrogens is 3. The summed E-state index contributed by atoms with van der Waals surface area (Å²) in [6, 6.07) is 8.05. The number of nitrogens with one attached hydrogen (secondary N) is 2. The van der Waals surface area contributed by atoms with Gasteiger partial charge in [0.1, 0.15) is 0 Å². The second-order valence-electron chi connectivity index (χ2n) is 5.26. The molecule has 0 saturated heterocycles. The number of nitro benzene ring substituents is 1. The van der Waals surface area contributed by atoms with Gasteiger partial charge in [0.15, 0.2) is 0 Å². The molecule has 0 saturated carbocycles. The molecule has 2 heterocycles. The lowest BCUT2D eigenvalue weighted by Gasteiger charge is -2.07. The van der Waals surface area contributed by atoms with E-state index >= 15 is 0 Å². The molecule has 122 valence electrons. The van der Waals surface area contributed by atoms with Gasteiger partial charge >= 0.3 is 0 Å². The number of rotatable bonds is 4. The summed E-state index contributed by atoms with van der Waals surface area (Å²) in [6.45, 7) is 3.97. The van der Waals surface area contributed by atoms with Crippen molar-refractivity contribution in [3.63, 3.8) is 0 Å². The van der Waals surface area contributed by atoms with E-state index in [2.05, 4.69) is 36.2 Å². The molecule has 8 heteroatoms. The van der Waals surface area contributed by atoms with Crippen LogP contribution in [0.15, 0.2) is 41.1 Å². The van der Waals surface area contributed by atoms with Gasteiger partial charge < -0.3 is 10.3 Å². The van der Waals surface area contributed by atoms with Gasteiger partial charge in [-0.15, -0.1) is 0 Å². The third-order valence-corrected chi connectivity index (χ3v) is 4.39. The average Bonchev–Trinajstić information content (AvgIpc) is 2.80. The Kier molecular flexibility index (Phi) is 4.30. The SMILES string of the molecule is Cc1[nH]c(Br)c(C)c1-c1ccnc(Nc2cccc([N+](=O)[O-])c2)n1. The number of hydrogen-bond acceptors (Lipinski definition) is 5. The summed E-state index contributed by atoms with van der Waals surface area (Å²) >= 11 is 3.48. The molecule has 0 fully saturated rings. The molecule has 0 aliphatic rings. The summed E-state index contributed by atoms with van der Waals surface area (Å²) in [7, 11) is 0. The molecule has 0 unspecified atom stereocenters. The lowest BCUT2D eigenvalue weighted by Crippen LogP contribution is -1.99. The molecule has 2 N–H and O–H groups in total. The maximum Gasteiger partial charge on any atom is 0.271 e. The van der Waals surface area contributed by atoms with Gasteiger partial charge in [-0.25, -0.2) is 9.97 Å². The molecular formula is C16H14BrN5O2. The highest BCUT2D eigenvalue weighted by atomic mass is 79.9. The number of aryl methyl sites for hydroxylation is 1. The number of nitro groups is 1. The zero-order valence-electron chi connectivity index (χ0n) is 13.0. The summed E-state index contributed by atoms with van der Waals surface area (Å²) in [6.07, 6.45) is 1.65. The van der Waals surface area contributed by atoms with Crippen LogP contribution in [0.5, 0.6) is 0 Å². The third kappa shape index (κ3) is 3.13. The monoisotopic (exact) mass is 387 g/mol. The molecule has 1 aromatic carbocycles. The number of benzene rings is 1. The van der Waals surface area contributed by atoms with E-state index in [1.54, 1.807) is 18.3 Å². The fourth-order valence-corrected chi connectivity index (χ4v) is 2.98. The summed E-state index contributed by atoms with van der Waals surface area (Å²) in [5.41, 5.74) is 4.41. The van der Waals surface area contributed by atoms with Gasteiger partial charge in [0, 0.05) is 35.3 Å². The smallest absolute Gasteiger partial charge is 0.271 e. The quantitative estimate of drug-likeness (QED) is 0.507. The first kappa shape index (κ1) is 16.1. The Morgan fingerprint density at radius 1 is 1.29 bits per heavy atom. The van der Waals surface area contributed by atoms with Crippen molar-refractivity contribution < 1.29 is 4.92 Å². The van der Waals surface area contributed by atoms with Crippen molar-refractivity contribution in [2.75, 3.05) is 5.32 Å². The lowest BCUT2D eigenvalue weighted by molar-refractivity contribution is -0.384. The van der Waals surface area contributed by atoms with Crippen LogP contribution in [0, 0.1) is 24.0 Å². The number of aromatic amines is 1. The van der Waals surface area contributed by atoms with Crippen LogP contribution in [0.25, 0.3) is 11.3 Å². The van der Waals surface area contributed by atoms with Crippen LogP contribution in [0.1, 0.15) is 11.3 Å². The van der Waals surface area contributed by atoms with Crippen molar-refractivity contribution in [2.24, 2.45) is 0 Å². The van der Waals surface area contributed by atoms with Crippen LogP contribution in [0.4, 0.5) is 17.3 Å². The zero-order chi connectivity index (χ0) is 17.3. The molecule has 3 rings (SSSR count). The number of nitrogens with zero attached hydrogens (tertiary/aromatic N) is 3. The van der Waals surface area contributed by atoms with Crippen LogP contribution < -0.4 is 5.32 Å². The Balaban J connectivity index is 1.94. The molecule has 7 nitrogen and oxygen atoms in total. The maximum absolute atomic E-state index is 10.9. The van der Waals surface area contributed by atoms with Crippen molar-refractivity contribution in [2.45, 2.75) is 13.8 Å². The molecule has 2 aromatic heterocycles. The lowest BCUT2D eigenvalue weighted by atomic mass is 10.1. The van der Waals surface area contributed by atoms with Crippen molar-refractivity contribution in [1.82, 2.24) is 15.0 Å². The molecule has 3 aromatic rings. The molecule has 0 radical (unpaired) electrons. The van der Waals surface area contributed by atoms with Crippen molar-refractivity contribution in [1.29, 1.82) is 0 Å². The summed E-state index contributed by atoms with van der Waals surface area (Å²) in [5, 5.41) is 13.9. The van der Waals surface area contributed by atoms with E-state index in [1.165, 1.54) is 12.1 Å². The van der Waals surface area contributed by atoms with E-state index in [-0.39, 0.29) is 5.69 Å². The van der Waals surface area contributed by atoms with Gasteiger partial charge in [-0.2, -0.15) is 0 Å². The number of anilines is 2. The standard InChI is InChI=1S/C16H14BrN5O2/c1-9-14(10(2)19-15(9)17)13-6-7-18-16(21-13)20-11-4-3-5-12(8-11)22(23)24/h3-8,19H,1-2H3,(H,18,20,21).